The van der Waals surface area contributed by atoms with Crippen LogP contribution in [0, 0.1) is 0 Å². The fourth-order valence-electron chi connectivity index (χ4n) is 0.910. The molecule has 0 heterocycles. The monoisotopic (exact) mass is 268 g/mol. The third-order valence-corrected chi connectivity index (χ3v) is 1.85. The van der Waals surface area contributed by atoms with Crippen molar-refractivity contribution in [3.05, 3.63) is 0 Å². The van der Waals surface area contributed by atoms with Crippen molar-refractivity contribution in [1.29, 1.82) is 0 Å². The van der Waals surface area contributed by atoms with Crippen molar-refractivity contribution in [2.45, 2.75) is 32.0 Å². The summed E-state index contributed by atoms with van der Waals surface area (Å²) in [6.45, 7) is 2.90. The van der Waals surface area contributed by atoms with Gasteiger partial charge in [0.1, 0.15) is 0 Å². The van der Waals surface area contributed by atoms with Crippen LogP contribution in [0.15, 0.2) is 0 Å². The normalized spacial score (nSPS) is 14.4. The number of ether oxygens (including phenoxy) is 1. The van der Waals surface area contributed by atoms with E-state index < -0.39 is 29.8 Å². The van der Waals surface area contributed by atoms with Gasteiger partial charge < -0.3 is 30.3 Å². The topological polar surface area (TPSA) is 162 Å². The molecular weight excluding hydrogens is 252 g/mol. The van der Waals surface area contributed by atoms with Crippen LogP contribution in [0.1, 0.15) is 20.3 Å². The maximum absolute atomic E-state index is 11.1. The SMILES string of the molecule is CCOC(=O)C(O)(CC)C(O)C(=O)O.O=C(O)O. The summed E-state index contributed by atoms with van der Waals surface area (Å²) >= 11 is 0. The van der Waals surface area contributed by atoms with Crippen molar-refractivity contribution in [1.82, 2.24) is 0 Å². The van der Waals surface area contributed by atoms with Gasteiger partial charge in [-0.25, -0.2) is 14.4 Å². The third-order valence-electron chi connectivity index (χ3n) is 1.85. The molecule has 0 aromatic carbocycles. The van der Waals surface area contributed by atoms with Crippen LogP contribution in [-0.2, 0) is 14.3 Å². The first-order valence-corrected chi connectivity index (χ1v) is 4.85. The highest BCUT2D eigenvalue weighted by atomic mass is 16.6. The number of carbonyl (C=O) groups excluding carboxylic acids is 1. The van der Waals surface area contributed by atoms with Gasteiger partial charge in [-0.2, -0.15) is 0 Å². The van der Waals surface area contributed by atoms with Crippen molar-refractivity contribution in [3.63, 3.8) is 0 Å². The van der Waals surface area contributed by atoms with Gasteiger partial charge in [0.15, 0.2) is 11.7 Å². The lowest BCUT2D eigenvalue weighted by molar-refractivity contribution is -0.187. The number of aliphatic hydroxyl groups excluding tert-OH is 1. The van der Waals surface area contributed by atoms with Gasteiger partial charge in [-0.1, -0.05) is 6.92 Å². The summed E-state index contributed by atoms with van der Waals surface area (Å²) in [4.78, 5) is 30.1. The van der Waals surface area contributed by atoms with E-state index in [1.165, 1.54) is 13.8 Å². The summed E-state index contributed by atoms with van der Waals surface area (Å²) in [6.07, 6.45) is -4.24. The van der Waals surface area contributed by atoms with Gasteiger partial charge in [-0.15, -0.1) is 0 Å². The Labute approximate surface area is 102 Å². The summed E-state index contributed by atoms with van der Waals surface area (Å²) in [6, 6.07) is 0. The summed E-state index contributed by atoms with van der Waals surface area (Å²) < 4.78 is 4.46. The lowest BCUT2D eigenvalue weighted by Gasteiger charge is -2.26. The molecule has 0 bridgehead atoms. The average molecular weight is 268 g/mol. The third kappa shape index (κ3) is 6.01. The molecule has 2 unspecified atom stereocenters. The van der Waals surface area contributed by atoms with Gasteiger partial charge in [0.25, 0.3) is 0 Å². The Morgan fingerprint density at radius 1 is 1.17 bits per heavy atom. The number of carbonyl (C=O) groups is 3. The van der Waals surface area contributed by atoms with Crippen molar-refractivity contribution < 1.29 is 44.7 Å². The van der Waals surface area contributed by atoms with E-state index in [2.05, 4.69) is 4.74 Å². The maximum atomic E-state index is 11.1. The van der Waals surface area contributed by atoms with Crippen LogP contribution < -0.4 is 0 Å². The summed E-state index contributed by atoms with van der Waals surface area (Å²) in [7, 11) is 0. The van der Waals surface area contributed by atoms with Gasteiger partial charge in [0.2, 0.25) is 0 Å². The molecule has 0 aromatic heterocycles. The molecule has 106 valence electrons. The smallest absolute Gasteiger partial charge is 0.479 e. The maximum Gasteiger partial charge on any atom is 0.503 e. The highest BCUT2D eigenvalue weighted by Gasteiger charge is 2.47. The van der Waals surface area contributed by atoms with Crippen molar-refractivity contribution in [2.75, 3.05) is 6.61 Å². The van der Waals surface area contributed by atoms with Crippen molar-refractivity contribution >= 4 is 18.1 Å². The molecule has 0 saturated heterocycles. The molecule has 2 atom stereocenters. The number of carboxylic acid groups (broad SMARTS) is 3. The Bertz CT molecular complexity index is 296. The molecule has 0 aromatic rings. The molecule has 0 aliphatic heterocycles. The second-order valence-electron chi connectivity index (χ2n) is 3.02. The molecule has 9 nitrogen and oxygen atoms in total. The predicted octanol–water partition coefficient (Wildman–Crippen LogP) is -0.641. The quantitative estimate of drug-likeness (QED) is 0.408. The number of hydrogen-bond acceptors (Lipinski definition) is 6. The molecule has 0 saturated carbocycles. The summed E-state index contributed by atoms with van der Waals surface area (Å²) in [5, 5.41) is 41.0. The van der Waals surface area contributed by atoms with Crippen LogP contribution >= 0.6 is 0 Å². The number of esters is 1. The van der Waals surface area contributed by atoms with Gasteiger partial charge >= 0.3 is 18.1 Å². The number of hydrogen-bond donors (Lipinski definition) is 5. The largest absolute Gasteiger partial charge is 0.503 e. The van der Waals surface area contributed by atoms with E-state index in [0.29, 0.717) is 0 Å². The predicted molar refractivity (Wildman–Crippen MR) is 56.2 cm³/mol. The van der Waals surface area contributed by atoms with E-state index in [4.69, 9.17) is 25.2 Å². The highest BCUT2D eigenvalue weighted by molar-refractivity contribution is 5.88. The van der Waals surface area contributed by atoms with Crippen molar-refractivity contribution in [3.8, 4) is 0 Å². The Balaban J connectivity index is 0. The fourth-order valence-corrected chi connectivity index (χ4v) is 0.910. The molecule has 0 fully saturated rings. The first kappa shape index (κ1) is 18.5. The fraction of sp³-hybridized carbons (Fsp3) is 0.667. The number of rotatable bonds is 5. The zero-order valence-electron chi connectivity index (χ0n) is 9.86. The van der Waals surface area contributed by atoms with Crippen LogP contribution in [0.2, 0.25) is 0 Å². The molecule has 0 aliphatic rings. The van der Waals surface area contributed by atoms with E-state index >= 15 is 0 Å². The lowest BCUT2D eigenvalue weighted by atomic mass is 9.94. The van der Waals surface area contributed by atoms with Crippen LogP contribution in [0.4, 0.5) is 4.79 Å². The van der Waals surface area contributed by atoms with Gasteiger partial charge in [-0.05, 0) is 13.3 Å². The average Bonchev–Trinajstić information content (AvgIpc) is 2.26. The van der Waals surface area contributed by atoms with Gasteiger partial charge in [-0.3, -0.25) is 0 Å². The van der Waals surface area contributed by atoms with E-state index in [1.807, 2.05) is 0 Å². The summed E-state index contributed by atoms with van der Waals surface area (Å²) in [5.74, 6) is -2.79. The standard InChI is InChI=1S/C8H14O6.CH2O3/c1-3-8(13,5(9)6(10)11)7(12)14-4-2;2-1(3)4/h5,9,13H,3-4H2,1-2H3,(H,10,11);(H2,2,3,4). The van der Waals surface area contributed by atoms with Crippen LogP contribution in [-0.4, -0.2) is 61.9 Å². The number of aliphatic carboxylic acids is 1. The molecule has 5 N–H and O–H groups in total. The minimum atomic E-state index is -2.37. The first-order chi connectivity index (χ1) is 8.13. The molecular formula is C9H16O9. The van der Waals surface area contributed by atoms with Crippen LogP contribution in [0.25, 0.3) is 0 Å². The van der Waals surface area contributed by atoms with E-state index in [9.17, 15) is 14.7 Å². The van der Waals surface area contributed by atoms with E-state index in [-0.39, 0.29) is 13.0 Å². The second-order valence-corrected chi connectivity index (χ2v) is 3.02. The Hall–Kier alpha value is -1.87. The lowest BCUT2D eigenvalue weighted by Crippen LogP contribution is -2.53. The summed E-state index contributed by atoms with van der Waals surface area (Å²) in [5.41, 5.74) is -2.37. The minimum absolute atomic E-state index is 0.00742. The zero-order valence-corrected chi connectivity index (χ0v) is 9.86. The highest BCUT2D eigenvalue weighted by Crippen LogP contribution is 2.17. The second kappa shape index (κ2) is 8.25. The van der Waals surface area contributed by atoms with Gasteiger partial charge in [0, 0.05) is 0 Å². The van der Waals surface area contributed by atoms with Crippen LogP contribution in [0.3, 0.4) is 0 Å². The van der Waals surface area contributed by atoms with Gasteiger partial charge in [0.05, 0.1) is 6.61 Å². The molecule has 9 heteroatoms. The zero-order chi connectivity index (χ0) is 14.9. The van der Waals surface area contributed by atoms with E-state index in [0.717, 1.165) is 0 Å². The molecule has 0 rings (SSSR count). The molecule has 0 amide bonds. The molecule has 18 heavy (non-hydrogen) atoms. The Morgan fingerprint density at radius 2 is 1.56 bits per heavy atom. The minimum Gasteiger partial charge on any atom is -0.479 e. The Kier molecular flexibility index (Phi) is 8.48. The Morgan fingerprint density at radius 3 is 1.78 bits per heavy atom. The van der Waals surface area contributed by atoms with Crippen LogP contribution in [0.5, 0.6) is 0 Å². The number of carboxylic acids is 1. The first-order valence-electron chi connectivity index (χ1n) is 4.85. The molecule has 0 aliphatic carbocycles. The van der Waals surface area contributed by atoms with E-state index in [1.54, 1.807) is 0 Å². The molecule has 0 spiro atoms. The van der Waals surface area contributed by atoms with Crippen molar-refractivity contribution in [2.24, 2.45) is 0 Å². The number of aliphatic hydroxyl groups is 2. The molecule has 0 radical (unpaired) electrons.